The van der Waals surface area contributed by atoms with Gasteiger partial charge >= 0.3 is 5.97 Å². The Bertz CT molecular complexity index is 992. The molecule has 0 bridgehead atoms. The summed E-state index contributed by atoms with van der Waals surface area (Å²) in [5.41, 5.74) is -0.819. The van der Waals surface area contributed by atoms with Gasteiger partial charge in [0.2, 0.25) is 11.8 Å². The molecule has 4 fully saturated rings. The zero-order valence-electron chi connectivity index (χ0n) is 24.5. The number of likely N-dealkylation sites (N-methyl/N-ethyl adjacent to an activating group) is 1. The van der Waals surface area contributed by atoms with Gasteiger partial charge in [-0.15, -0.1) is 0 Å². The number of nitrogens with zero attached hydrogens (tertiary/aromatic N) is 2. The lowest BCUT2D eigenvalue weighted by atomic mass is 9.70. The Morgan fingerprint density at radius 3 is 2.50 bits per heavy atom. The number of hydrogen-bond acceptors (Lipinski definition) is 7. The highest BCUT2D eigenvalue weighted by atomic mass is 16.5. The van der Waals surface area contributed by atoms with E-state index >= 15 is 0 Å². The molecular weight excluding hydrogens is 514 g/mol. The predicted molar refractivity (Wildman–Crippen MR) is 147 cm³/mol. The smallest absolute Gasteiger partial charge is 0.305 e. The maximum absolute atomic E-state index is 13.8. The van der Waals surface area contributed by atoms with Gasteiger partial charge < -0.3 is 25.0 Å². The van der Waals surface area contributed by atoms with Crippen LogP contribution in [0.4, 0.5) is 0 Å². The summed E-state index contributed by atoms with van der Waals surface area (Å²) in [7, 11) is 1.72. The zero-order chi connectivity index (χ0) is 29.2. The number of carboxylic acids is 1. The Morgan fingerprint density at radius 2 is 1.82 bits per heavy atom. The van der Waals surface area contributed by atoms with Crippen LogP contribution < -0.4 is 5.32 Å². The maximum atomic E-state index is 13.8. The molecule has 0 radical (unpaired) electrons. The first-order valence-corrected chi connectivity index (χ1v) is 15.1. The molecule has 10 nitrogen and oxygen atoms in total. The molecule has 0 aromatic heterocycles. The van der Waals surface area contributed by atoms with Gasteiger partial charge in [-0.05, 0) is 71.1 Å². The highest BCUT2D eigenvalue weighted by Crippen LogP contribution is 2.38. The molecule has 10 heteroatoms. The number of hydrogen-bond donors (Lipinski definition) is 2. The summed E-state index contributed by atoms with van der Waals surface area (Å²) in [6, 6.07) is -0.314. The molecule has 0 spiro atoms. The quantitative estimate of drug-likeness (QED) is 0.416. The van der Waals surface area contributed by atoms with E-state index in [1.807, 2.05) is 20.8 Å². The lowest BCUT2D eigenvalue weighted by Gasteiger charge is -2.42. The summed E-state index contributed by atoms with van der Waals surface area (Å²) in [6.45, 7) is 6.35. The van der Waals surface area contributed by atoms with Gasteiger partial charge in [0, 0.05) is 44.1 Å². The van der Waals surface area contributed by atoms with E-state index in [9.17, 15) is 24.0 Å². The van der Waals surface area contributed by atoms with E-state index in [-0.39, 0.29) is 78.8 Å². The molecule has 4 rings (SSSR count). The second-order valence-electron chi connectivity index (χ2n) is 13.0. The molecule has 0 aromatic carbocycles. The summed E-state index contributed by atoms with van der Waals surface area (Å²) < 4.78 is 5.64. The van der Waals surface area contributed by atoms with Gasteiger partial charge in [-0.25, -0.2) is 0 Å². The molecule has 2 aliphatic heterocycles. The molecule has 2 amide bonds. The average molecular weight is 562 g/mol. The van der Waals surface area contributed by atoms with E-state index in [1.165, 1.54) is 4.90 Å². The van der Waals surface area contributed by atoms with Crippen molar-refractivity contribution in [3.8, 4) is 0 Å². The molecule has 224 valence electrons. The van der Waals surface area contributed by atoms with Crippen LogP contribution in [-0.2, 0) is 28.7 Å². The number of aliphatic carboxylic acids is 1. The third kappa shape index (κ3) is 6.75. The Labute approximate surface area is 237 Å². The summed E-state index contributed by atoms with van der Waals surface area (Å²) in [5.74, 6) is -1.56. The molecule has 40 heavy (non-hydrogen) atoms. The van der Waals surface area contributed by atoms with Crippen LogP contribution in [0.25, 0.3) is 0 Å². The summed E-state index contributed by atoms with van der Waals surface area (Å²) >= 11 is 0. The van der Waals surface area contributed by atoms with Crippen LogP contribution in [0, 0.1) is 23.7 Å². The van der Waals surface area contributed by atoms with Crippen LogP contribution in [0.15, 0.2) is 0 Å². The highest BCUT2D eigenvalue weighted by molar-refractivity contribution is 5.91. The highest BCUT2D eigenvalue weighted by Gasteiger charge is 2.46. The number of fused-ring (bicyclic) bond motifs is 1. The van der Waals surface area contributed by atoms with E-state index in [1.54, 1.807) is 11.9 Å². The number of carbonyl (C=O) groups is 5. The Morgan fingerprint density at radius 1 is 1.07 bits per heavy atom. The predicted octanol–water partition coefficient (Wildman–Crippen LogP) is 2.43. The normalized spacial score (nSPS) is 32.4. The minimum absolute atomic E-state index is 0.00825. The topological polar surface area (TPSA) is 133 Å². The van der Waals surface area contributed by atoms with Crippen LogP contribution in [0.2, 0.25) is 0 Å². The molecule has 2 heterocycles. The molecule has 2 saturated carbocycles. The van der Waals surface area contributed by atoms with Gasteiger partial charge in [0.1, 0.15) is 6.10 Å². The van der Waals surface area contributed by atoms with Crippen LogP contribution in [0.5, 0.6) is 0 Å². The van der Waals surface area contributed by atoms with Crippen molar-refractivity contribution < 1.29 is 33.8 Å². The van der Waals surface area contributed by atoms with Gasteiger partial charge in [-0.2, -0.15) is 0 Å². The number of carboxylic acid groups (broad SMARTS) is 1. The van der Waals surface area contributed by atoms with Gasteiger partial charge in [-0.1, -0.05) is 13.3 Å². The third-order valence-corrected chi connectivity index (χ3v) is 9.92. The largest absolute Gasteiger partial charge is 0.481 e. The summed E-state index contributed by atoms with van der Waals surface area (Å²) in [5, 5.41) is 12.7. The fourth-order valence-corrected chi connectivity index (χ4v) is 7.58. The first-order valence-electron chi connectivity index (χ1n) is 15.1. The maximum Gasteiger partial charge on any atom is 0.305 e. The molecule has 2 aliphatic carbocycles. The number of nitrogens with one attached hydrogen (secondary N) is 1. The monoisotopic (exact) mass is 561 g/mol. The van der Waals surface area contributed by atoms with E-state index in [2.05, 4.69) is 5.32 Å². The molecule has 4 aliphatic rings. The van der Waals surface area contributed by atoms with Gasteiger partial charge in [-0.3, -0.25) is 24.0 Å². The van der Waals surface area contributed by atoms with Gasteiger partial charge in [0.25, 0.3) is 0 Å². The van der Waals surface area contributed by atoms with E-state index in [4.69, 9.17) is 9.84 Å². The summed E-state index contributed by atoms with van der Waals surface area (Å²) in [4.78, 5) is 67.1. The number of carbonyl (C=O) groups excluding carboxylic acids is 4. The van der Waals surface area contributed by atoms with E-state index in [0.717, 1.165) is 44.9 Å². The Hall–Kier alpha value is -2.33. The number of Topliss-reactive ketones (excluding diaryl/α,β-unsaturated/α-hetero) is 2. The van der Waals surface area contributed by atoms with Crippen LogP contribution >= 0.6 is 0 Å². The first-order chi connectivity index (χ1) is 18.9. The lowest BCUT2D eigenvalue weighted by Crippen LogP contribution is -2.58. The summed E-state index contributed by atoms with van der Waals surface area (Å²) in [6.07, 6.45) is 6.59. The number of amides is 2. The van der Waals surface area contributed by atoms with Crippen molar-refractivity contribution in [1.82, 2.24) is 15.1 Å². The van der Waals surface area contributed by atoms with Crippen molar-refractivity contribution in [3.05, 3.63) is 0 Å². The van der Waals surface area contributed by atoms with Gasteiger partial charge in [0.05, 0.1) is 24.4 Å². The van der Waals surface area contributed by atoms with Crippen molar-refractivity contribution >= 4 is 29.4 Å². The van der Waals surface area contributed by atoms with E-state index in [0.29, 0.717) is 19.4 Å². The fraction of sp³-hybridized carbons (Fsp3) is 0.833. The standard InChI is InChI=1S/C30H47N3O7/c1-18(19-7-5-8-20(15-19)27(37)24-9-6-14-40-24)28(38)30(2,3)31-21-10-11-23-22(16-21)29(39)33(13-12-26(35)36)17-25(34)32(23)4/h18-24,31H,5-17H2,1-4H3,(H,35,36). The third-order valence-electron chi connectivity index (χ3n) is 9.92. The number of ether oxygens (including phenoxy) is 1. The van der Waals surface area contributed by atoms with Crippen molar-refractivity contribution in [2.24, 2.45) is 23.7 Å². The minimum Gasteiger partial charge on any atom is -0.481 e. The van der Waals surface area contributed by atoms with Gasteiger partial charge in [0.15, 0.2) is 11.6 Å². The number of ketones is 2. The Kier molecular flexibility index (Phi) is 9.70. The second kappa shape index (κ2) is 12.7. The second-order valence-corrected chi connectivity index (χ2v) is 13.0. The SMILES string of the molecule is CC(C(=O)C(C)(C)NC1CCC2C(C1)C(=O)N(CCC(=O)O)CC(=O)N2C)C1CCCC(C(=O)C2CCCO2)C1. The fourth-order valence-electron chi connectivity index (χ4n) is 7.58. The van der Waals surface area contributed by atoms with Crippen molar-refractivity contribution in [2.75, 3.05) is 26.7 Å². The van der Waals surface area contributed by atoms with Crippen molar-refractivity contribution in [2.45, 2.75) is 109 Å². The molecule has 0 aromatic rings. The lowest BCUT2D eigenvalue weighted by molar-refractivity contribution is -0.141. The molecule has 7 unspecified atom stereocenters. The van der Waals surface area contributed by atoms with Crippen LogP contribution in [-0.4, -0.2) is 94.7 Å². The zero-order valence-corrected chi connectivity index (χ0v) is 24.5. The van der Waals surface area contributed by atoms with Crippen molar-refractivity contribution in [1.29, 1.82) is 0 Å². The minimum atomic E-state index is -1.01. The van der Waals surface area contributed by atoms with Crippen molar-refractivity contribution in [3.63, 3.8) is 0 Å². The van der Waals surface area contributed by atoms with Crippen LogP contribution in [0.3, 0.4) is 0 Å². The first kappa shape index (κ1) is 30.6. The molecule has 2 saturated heterocycles. The Balaban J connectivity index is 1.38. The molecule has 2 N–H and O–H groups in total. The number of rotatable bonds is 10. The average Bonchev–Trinajstić information content (AvgIpc) is 3.45. The molecular formula is C30H47N3O7. The molecule has 7 atom stereocenters. The van der Waals surface area contributed by atoms with Crippen LogP contribution in [0.1, 0.15) is 85.0 Å². The van der Waals surface area contributed by atoms with E-state index < -0.39 is 17.4 Å².